The van der Waals surface area contributed by atoms with Crippen molar-refractivity contribution in [2.45, 2.75) is 16.9 Å². The predicted octanol–water partition coefficient (Wildman–Crippen LogP) is 2.23. The molecule has 2 aromatic carbocycles. The van der Waals surface area contributed by atoms with Gasteiger partial charge in [-0.1, -0.05) is 0 Å². The van der Waals surface area contributed by atoms with Crippen LogP contribution in [0.5, 0.6) is 11.5 Å². The quantitative estimate of drug-likeness (QED) is 0.755. The van der Waals surface area contributed by atoms with Crippen LogP contribution in [0.2, 0.25) is 0 Å². The van der Waals surface area contributed by atoms with Crippen LogP contribution < -0.4 is 9.46 Å². The van der Waals surface area contributed by atoms with Crippen LogP contribution >= 0.6 is 0 Å². The number of sulfonamides is 1. The number of hydrogen-bond donors (Lipinski definition) is 1. The molecule has 1 atom stereocenters. The topological polar surface area (TPSA) is 90.9 Å². The van der Waals surface area contributed by atoms with Crippen molar-refractivity contribution >= 4 is 16.0 Å². The first kappa shape index (κ1) is 19.3. The summed E-state index contributed by atoms with van der Waals surface area (Å²) in [5.41, 5.74) is -1.43. The second kappa shape index (κ2) is 7.63. The number of ether oxygens (including phenoxy) is 3. The van der Waals surface area contributed by atoms with E-state index in [9.17, 15) is 17.6 Å². The lowest BCUT2D eigenvalue weighted by atomic mass is 10.0. The summed E-state index contributed by atoms with van der Waals surface area (Å²) in [4.78, 5) is 12.0. The molecule has 3 rings (SSSR count). The summed E-state index contributed by atoms with van der Waals surface area (Å²) in [5, 5.41) is 0. The number of halogens is 1. The standard InChI is InChI=1S/C18H18FNO6S/c1-24-17(21)18(10-11-25-12-18)20-27(22,23)16-8-6-15(7-9-16)26-14-4-2-13(19)3-5-14/h2-9,20H,10-12H2,1H3. The molecule has 0 aromatic heterocycles. The molecule has 1 heterocycles. The molecule has 0 radical (unpaired) electrons. The Hall–Kier alpha value is -2.49. The van der Waals surface area contributed by atoms with Crippen LogP contribution in [-0.4, -0.2) is 40.2 Å². The smallest absolute Gasteiger partial charge is 0.329 e. The Morgan fingerprint density at radius 3 is 2.22 bits per heavy atom. The van der Waals surface area contributed by atoms with Crippen molar-refractivity contribution in [1.29, 1.82) is 0 Å². The third kappa shape index (κ3) is 4.26. The molecule has 27 heavy (non-hydrogen) atoms. The Kier molecular flexibility index (Phi) is 5.45. The lowest BCUT2D eigenvalue weighted by Crippen LogP contribution is -2.55. The highest BCUT2D eigenvalue weighted by Gasteiger charge is 2.46. The van der Waals surface area contributed by atoms with Gasteiger partial charge in [-0.2, -0.15) is 4.72 Å². The third-order valence-corrected chi connectivity index (χ3v) is 5.66. The molecule has 0 aliphatic carbocycles. The zero-order chi connectivity index (χ0) is 19.5. The van der Waals surface area contributed by atoms with Gasteiger partial charge in [0.2, 0.25) is 10.0 Å². The zero-order valence-corrected chi connectivity index (χ0v) is 15.3. The highest BCUT2D eigenvalue weighted by Crippen LogP contribution is 2.26. The summed E-state index contributed by atoms with van der Waals surface area (Å²) in [6.45, 7) is 0.159. The monoisotopic (exact) mass is 395 g/mol. The Morgan fingerprint density at radius 1 is 1.11 bits per heavy atom. The maximum Gasteiger partial charge on any atom is 0.329 e. The maximum atomic E-state index is 12.9. The van der Waals surface area contributed by atoms with E-state index in [-0.39, 0.29) is 30.3 Å². The van der Waals surface area contributed by atoms with Gasteiger partial charge in [0, 0.05) is 13.0 Å². The van der Waals surface area contributed by atoms with Crippen molar-refractivity contribution in [1.82, 2.24) is 4.72 Å². The van der Waals surface area contributed by atoms with Crippen LogP contribution in [0.15, 0.2) is 53.4 Å². The van der Waals surface area contributed by atoms with Gasteiger partial charge in [0.15, 0.2) is 5.54 Å². The van der Waals surface area contributed by atoms with Gasteiger partial charge in [0.05, 0.1) is 18.6 Å². The van der Waals surface area contributed by atoms with Crippen LogP contribution in [0, 0.1) is 5.82 Å². The number of methoxy groups -OCH3 is 1. The number of esters is 1. The second-order valence-corrected chi connectivity index (χ2v) is 7.69. The number of hydrogen-bond acceptors (Lipinski definition) is 6. The van der Waals surface area contributed by atoms with E-state index >= 15 is 0 Å². The Balaban J connectivity index is 1.77. The number of nitrogens with one attached hydrogen (secondary N) is 1. The zero-order valence-electron chi connectivity index (χ0n) is 14.5. The van der Waals surface area contributed by atoms with Crippen molar-refractivity contribution in [3.05, 3.63) is 54.3 Å². The van der Waals surface area contributed by atoms with Gasteiger partial charge in [-0.05, 0) is 48.5 Å². The van der Waals surface area contributed by atoms with Gasteiger partial charge in [-0.25, -0.2) is 17.6 Å². The fourth-order valence-electron chi connectivity index (χ4n) is 2.69. The molecule has 7 nitrogen and oxygen atoms in total. The first-order valence-electron chi connectivity index (χ1n) is 8.08. The normalized spacial score (nSPS) is 19.6. The van der Waals surface area contributed by atoms with Crippen molar-refractivity contribution in [2.24, 2.45) is 0 Å². The van der Waals surface area contributed by atoms with Gasteiger partial charge in [0.25, 0.3) is 0 Å². The van der Waals surface area contributed by atoms with Crippen molar-refractivity contribution < 1.29 is 31.8 Å². The van der Waals surface area contributed by atoms with Crippen LogP contribution in [0.3, 0.4) is 0 Å². The largest absolute Gasteiger partial charge is 0.468 e. The molecule has 0 saturated carbocycles. The molecule has 0 spiro atoms. The average Bonchev–Trinajstić information content (AvgIpc) is 3.12. The van der Waals surface area contributed by atoms with E-state index < -0.39 is 21.5 Å². The van der Waals surface area contributed by atoms with Gasteiger partial charge >= 0.3 is 5.97 Å². The van der Waals surface area contributed by atoms with Crippen molar-refractivity contribution in [3.8, 4) is 11.5 Å². The van der Waals surface area contributed by atoms with Gasteiger partial charge in [-0.3, -0.25) is 0 Å². The van der Waals surface area contributed by atoms with E-state index in [0.717, 1.165) is 0 Å². The van der Waals surface area contributed by atoms with E-state index in [2.05, 4.69) is 4.72 Å². The SMILES string of the molecule is COC(=O)C1(NS(=O)(=O)c2ccc(Oc3ccc(F)cc3)cc2)CCOC1. The molecule has 9 heteroatoms. The van der Waals surface area contributed by atoms with E-state index in [1.165, 1.54) is 55.6 Å². The minimum absolute atomic E-state index is 0.0378. The highest BCUT2D eigenvalue weighted by atomic mass is 32.2. The molecule has 1 fully saturated rings. The molecule has 144 valence electrons. The Morgan fingerprint density at radius 2 is 1.70 bits per heavy atom. The molecular formula is C18H18FNO6S. The van der Waals surface area contributed by atoms with Crippen LogP contribution in [-0.2, 0) is 24.3 Å². The molecular weight excluding hydrogens is 377 g/mol. The first-order chi connectivity index (χ1) is 12.8. The van der Waals surface area contributed by atoms with Crippen molar-refractivity contribution in [2.75, 3.05) is 20.3 Å². The fraction of sp³-hybridized carbons (Fsp3) is 0.278. The number of carbonyl (C=O) groups is 1. The lowest BCUT2D eigenvalue weighted by molar-refractivity contribution is -0.147. The second-order valence-electron chi connectivity index (χ2n) is 6.01. The van der Waals surface area contributed by atoms with Gasteiger partial charge in [0.1, 0.15) is 17.3 Å². The molecule has 0 amide bonds. The first-order valence-corrected chi connectivity index (χ1v) is 9.57. The Bertz CT molecular complexity index is 906. The van der Waals surface area contributed by atoms with E-state index in [0.29, 0.717) is 11.5 Å². The molecule has 1 aliphatic rings. The number of rotatable bonds is 6. The number of carbonyl (C=O) groups excluding carboxylic acids is 1. The van der Waals surface area contributed by atoms with E-state index in [1.807, 2.05) is 0 Å². The highest BCUT2D eigenvalue weighted by molar-refractivity contribution is 7.89. The third-order valence-electron chi connectivity index (χ3n) is 4.11. The van der Waals surface area contributed by atoms with Crippen LogP contribution in [0.25, 0.3) is 0 Å². The summed E-state index contributed by atoms with van der Waals surface area (Å²) in [6, 6.07) is 11.1. The lowest BCUT2D eigenvalue weighted by Gasteiger charge is -2.25. The maximum absolute atomic E-state index is 12.9. The van der Waals surface area contributed by atoms with Crippen molar-refractivity contribution in [3.63, 3.8) is 0 Å². The predicted molar refractivity (Wildman–Crippen MR) is 93.4 cm³/mol. The van der Waals surface area contributed by atoms with Gasteiger partial charge < -0.3 is 14.2 Å². The summed E-state index contributed by atoms with van der Waals surface area (Å²) in [7, 11) is -2.80. The minimum Gasteiger partial charge on any atom is -0.468 e. The van der Waals surface area contributed by atoms with Gasteiger partial charge in [-0.15, -0.1) is 0 Å². The van der Waals surface area contributed by atoms with Crippen LogP contribution in [0.1, 0.15) is 6.42 Å². The summed E-state index contributed by atoms with van der Waals surface area (Å²) < 4.78 is 56.1. The van der Waals surface area contributed by atoms with E-state index in [4.69, 9.17) is 14.2 Å². The molecule has 1 N–H and O–H groups in total. The molecule has 1 saturated heterocycles. The molecule has 2 aromatic rings. The Labute approximate surface area is 156 Å². The van der Waals surface area contributed by atoms with Crippen LogP contribution in [0.4, 0.5) is 4.39 Å². The number of benzene rings is 2. The van der Waals surface area contributed by atoms with E-state index in [1.54, 1.807) is 0 Å². The summed E-state index contributed by atoms with van der Waals surface area (Å²) in [5.74, 6) is -0.282. The molecule has 1 unspecified atom stereocenters. The minimum atomic E-state index is -3.99. The summed E-state index contributed by atoms with van der Waals surface area (Å²) >= 11 is 0. The molecule has 0 bridgehead atoms. The fourth-order valence-corrected chi connectivity index (χ4v) is 4.06. The molecule has 1 aliphatic heterocycles. The average molecular weight is 395 g/mol. The summed E-state index contributed by atoms with van der Waals surface area (Å²) in [6.07, 6.45) is 0.185.